The van der Waals surface area contributed by atoms with Crippen LogP contribution in [0.15, 0.2) is 42.6 Å². The van der Waals surface area contributed by atoms with Crippen LogP contribution in [-0.4, -0.2) is 90.6 Å². The van der Waals surface area contributed by atoms with Crippen LogP contribution in [0.3, 0.4) is 0 Å². The number of nitrogens with one attached hydrogen (secondary N) is 1. The van der Waals surface area contributed by atoms with Crippen LogP contribution in [0.25, 0.3) is 21.3 Å². The van der Waals surface area contributed by atoms with E-state index < -0.39 is 5.97 Å². The number of rotatable bonds is 28. The number of ether oxygens (including phenoxy) is 1. The third-order valence-corrected chi connectivity index (χ3v) is 17.9. The number of hydrogen-bond donors (Lipinski definition) is 2. The quantitative estimate of drug-likeness (QED) is 0.0459. The summed E-state index contributed by atoms with van der Waals surface area (Å²) in [6, 6.07) is 11.9. The molecule has 0 amide bonds. The van der Waals surface area contributed by atoms with Gasteiger partial charge in [0, 0.05) is 54.0 Å². The number of thiazole rings is 1. The summed E-state index contributed by atoms with van der Waals surface area (Å²) in [7, 11) is 2.26. The molecule has 2 unspecified atom stereocenters. The van der Waals surface area contributed by atoms with E-state index >= 15 is 0 Å². The van der Waals surface area contributed by atoms with Crippen molar-refractivity contribution in [1.82, 2.24) is 34.8 Å². The van der Waals surface area contributed by atoms with Gasteiger partial charge in [-0.25, -0.2) is 14.8 Å². The van der Waals surface area contributed by atoms with E-state index in [1.54, 1.807) is 18.3 Å². The maximum Gasteiger partial charge on any atom is 0.355 e. The zero-order valence-corrected chi connectivity index (χ0v) is 45.8. The molecule has 2 N–H and O–H groups in total. The number of carbonyl (C=O) groups excluding carboxylic acids is 1. The summed E-state index contributed by atoms with van der Waals surface area (Å²) < 4.78 is 10.4. The zero-order valence-electron chi connectivity index (χ0n) is 45.0. The second kappa shape index (κ2) is 23.0. The molecule has 14 heteroatoms. The predicted molar refractivity (Wildman–Crippen MR) is 295 cm³/mol. The number of carbonyl (C=O) groups is 2. The lowest BCUT2D eigenvalue weighted by Crippen LogP contribution is -2.64. The first-order chi connectivity index (χ1) is 35.1. The maximum absolute atomic E-state index is 13.1. The molecule has 4 fully saturated rings. The Balaban J connectivity index is 0.770. The molecule has 5 aromatic rings. The van der Waals surface area contributed by atoms with Gasteiger partial charge < -0.3 is 29.8 Å². The highest BCUT2D eigenvalue weighted by molar-refractivity contribution is 7.22. The average Bonchev–Trinajstić information content (AvgIpc) is 3.92. The van der Waals surface area contributed by atoms with Gasteiger partial charge in [0.2, 0.25) is 0 Å². The number of para-hydroxylation sites is 1. The monoisotopic (exact) mass is 1010 g/mol. The number of unbranched alkanes of at least 4 members (excludes halogenated alkanes) is 13. The highest BCUT2D eigenvalue weighted by atomic mass is 32.1. The molecule has 4 aromatic heterocycles. The van der Waals surface area contributed by atoms with E-state index in [4.69, 9.17) is 24.9 Å². The molecule has 10 rings (SSSR count). The smallest absolute Gasteiger partial charge is 0.355 e. The number of pyridine rings is 1. The SMILES string of the molecule is CC(=O)CCCCCCCCCCCCCCCCN(C)CCOC12CC3(C)CC(C)(CC(Cn4ncc(-c5ccc(N6CCCc7c6nnc(Nc6nc8ccccc8s6)c7C)nc5C(=O)O)c4C)(C3)C1)C2. The summed E-state index contributed by atoms with van der Waals surface area (Å²) in [5, 5.41) is 29.2. The van der Waals surface area contributed by atoms with E-state index in [9.17, 15) is 14.7 Å². The molecule has 394 valence electrons. The first-order valence-corrected chi connectivity index (χ1v) is 28.8. The molecule has 4 saturated carbocycles. The van der Waals surface area contributed by atoms with E-state index in [0.717, 1.165) is 122 Å². The lowest BCUT2D eigenvalue weighted by atomic mass is 9.39. The van der Waals surface area contributed by atoms with E-state index in [0.29, 0.717) is 35.3 Å². The number of Topliss-reactive ketones (excluding diaryl/α,β-unsaturated/α-hetero) is 1. The van der Waals surface area contributed by atoms with E-state index in [2.05, 4.69) is 60.8 Å². The number of benzene rings is 1. The van der Waals surface area contributed by atoms with E-state index in [1.165, 1.54) is 89.9 Å². The lowest BCUT2D eigenvalue weighted by Gasteiger charge is -2.69. The minimum atomic E-state index is -1.07. The highest BCUT2D eigenvalue weighted by Crippen LogP contribution is 2.72. The minimum absolute atomic E-state index is 0.0110. The van der Waals surface area contributed by atoms with Crippen LogP contribution in [-0.2, 0) is 22.5 Å². The second-order valence-electron chi connectivity index (χ2n) is 23.9. The number of anilines is 4. The molecule has 2 atom stereocenters. The Labute approximate surface area is 438 Å². The van der Waals surface area contributed by atoms with Crippen LogP contribution in [0.4, 0.5) is 22.6 Å². The van der Waals surface area contributed by atoms with Crippen molar-refractivity contribution in [3.8, 4) is 11.1 Å². The van der Waals surface area contributed by atoms with Crippen LogP contribution in [0.2, 0.25) is 0 Å². The fraction of sp³-hybridized carbons (Fsp3) is 0.644. The Kier molecular flexibility index (Phi) is 16.7. The number of carboxylic acids is 1. The van der Waals surface area contributed by atoms with Gasteiger partial charge >= 0.3 is 5.97 Å². The Morgan fingerprint density at radius 2 is 1.47 bits per heavy atom. The molecule has 4 aliphatic carbocycles. The average molecular weight is 1010 g/mol. The van der Waals surface area contributed by atoms with Gasteiger partial charge in [-0.3, -0.25) is 4.68 Å². The van der Waals surface area contributed by atoms with Gasteiger partial charge in [0.25, 0.3) is 0 Å². The molecule has 1 aromatic carbocycles. The van der Waals surface area contributed by atoms with E-state index in [1.807, 2.05) is 41.4 Å². The third kappa shape index (κ3) is 12.7. The molecular formula is C59H83N9O4S. The molecule has 5 heterocycles. The van der Waals surface area contributed by atoms with Gasteiger partial charge in [0.1, 0.15) is 11.6 Å². The number of carboxylic acid groups (broad SMARTS) is 1. The van der Waals surface area contributed by atoms with Crippen LogP contribution >= 0.6 is 11.3 Å². The van der Waals surface area contributed by atoms with Crippen LogP contribution < -0.4 is 10.2 Å². The third-order valence-electron chi connectivity index (χ3n) is 17.0. The normalized spacial score (nSPS) is 23.2. The van der Waals surface area contributed by atoms with Crippen molar-refractivity contribution in [2.24, 2.45) is 16.2 Å². The highest BCUT2D eigenvalue weighted by Gasteiger charge is 2.66. The number of hydrogen-bond acceptors (Lipinski definition) is 12. The van der Waals surface area contributed by atoms with Crippen LogP contribution in [0, 0.1) is 30.1 Å². The van der Waals surface area contributed by atoms with Crippen molar-refractivity contribution in [2.45, 2.75) is 194 Å². The van der Waals surface area contributed by atoms with Crippen molar-refractivity contribution in [1.29, 1.82) is 0 Å². The maximum atomic E-state index is 13.1. The Morgan fingerprint density at radius 1 is 0.795 bits per heavy atom. The lowest BCUT2D eigenvalue weighted by molar-refractivity contribution is -0.248. The molecule has 5 aliphatic rings. The fourth-order valence-electron chi connectivity index (χ4n) is 14.7. The fourth-order valence-corrected chi connectivity index (χ4v) is 15.5. The van der Waals surface area contributed by atoms with Crippen LogP contribution in [0.5, 0.6) is 0 Å². The number of nitrogens with zero attached hydrogens (tertiary/aromatic N) is 8. The molecule has 0 radical (unpaired) electrons. The summed E-state index contributed by atoms with van der Waals surface area (Å²) in [4.78, 5) is 38.2. The van der Waals surface area contributed by atoms with Gasteiger partial charge in [0.15, 0.2) is 22.5 Å². The number of fused-ring (bicyclic) bond motifs is 2. The number of aromatic nitrogens is 6. The van der Waals surface area contributed by atoms with E-state index in [-0.39, 0.29) is 27.5 Å². The summed E-state index contributed by atoms with van der Waals surface area (Å²) in [5.74, 6) is 1.19. The number of aromatic carboxylic acids is 1. The Morgan fingerprint density at radius 3 is 2.14 bits per heavy atom. The molecular weight excluding hydrogens is 931 g/mol. The first-order valence-electron chi connectivity index (χ1n) is 28.0. The Bertz CT molecular complexity index is 2660. The number of ketones is 1. The van der Waals surface area contributed by atoms with Crippen molar-refractivity contribution >= 4 is 55.9 Å². The molecule has 0 spiro atoms. The summed E-state index contributed by atoms with van der Waals surface area (Å²) in [6.07, 6.45) is 29.5. The summed E-state index contributed by atoms with van der Waals surface area (Å²) >= 11 is 1.58. The minimum Gasteiger partial charge on any atom is -0.476 e. The molecule has 0 saturated heterocycles. The standard InChI is InChI=1S/C59H83N9O4S/c1-42(69)24-19-17-15-13-11-9-7-8-10-12-14-16-18-22-30-66(6)32-33-72-59-38-56(4)35-57(5,39-59)37-58(36-56,40-59)41-68-44(3)47(34-60-68)46-28-29-50(62-51(46)54(70)71)67-31-23-25-45-43(2)52(64-65-53(45)67)63-55-61-48-26-20-21-27-49(48)73-55/h20-21,26-29,34H,7-19,22-25,30-33,35-41H2,1-6H3,(H,70,71)(H,61,63,64). The van der Waals surface area contributed by atoms with Crippen molar-refractivity contribution < 1.29 is 19.4 Å². The van der Waals surface area contributed by atoms with Gasteiger partial charge in [-0.1, -0.05) is 114 Å². The first kappa shape index (κ1) is 53.1. The largest absolute Gasteiger partial charge is 0.476 e. The summed E-state index contributed by atoms with van der Waals surface area (Å²) in [5.41, 5.74) is 5.74. The molecule has 4 bridgehead atoms. The molecule has 73 heavy (non-hydrogen) atoms. The van der Waals surface area contributed by atoms with Crippen molar-refractivity contribution in [2.75, 3.05) is 43.5 Å². The zero-order chi connectivity index (χ0) is 51.2. The van der Waals surface area contributed by atoms with Crippen molar-refractivity contribution in [3.63, 3.8) is 0 Å². The van der Waals surface area contributed by atoms with Crippen molar-refractivity contribution in [3.05, 3.63) is 65.1 Å². The number of likely N-dealkylation sites (N-methyl/N-ethyl adjacent to an activating group) is 1. The summed E-state index contributed by atoms with van der Waals surface area (Å²) in [6.45, 7) is 15.2. The van der Waals surface area contributed by atoms with Gasteiger partial charge in [-0.15, -0.1) is 10.2 Å². The predicted octanol–water partition coefficient (Wildman–Crippen LogP) is 14.0. The van der Waals surface area contributed by atoms with Gasteiger partial charge in [0.05, 0.1) is 28.6 Å². The van der Waals surface area contributed by atoms with Gasteiger partial charge in [-0.05, 0) is 139 Å². The van der Waals surface area contributed by atoms with Gasteiger partial charge in [-0.2, -0.15) is 5.10 Å². The molecule has 1 aliphatic heterocycles. The van der Waals surface area contributed by atoms with Crippen LogP contribution in [0.1, 0.15) is 189 Å². The molecule has 13 nitrogen and oxygen atoms in total. The second-order valence-corrected chi connectivity index (χ2v) is 25.0. The topological polar surface area (TPSA) is 151 Å². The Hall–Kier alpha value is -4.79.